The zero-order chi connectivity index (χ0) is 15.4. The molecule has 2 rings (SSSR count). The molecule has 1 saturated heterocycles. The molecule has 0 saturated carbocycles. The second-order valence-electron chi connectivity index (χ2n) is 6.19. The lowest BCUT2D eigenvalue weighted by Gasteiger charge is -2.42. The van der Waals surface area contributed by atoms with Crippen LogP contribution in [-0.4, -0.2) is 37.2 Å². The van der Waals surface area contributed by atoms with Crippen LogP contribution in [0, 0.1) is 11.7 Å². The number of benzene rings is 1. The van der Waals surface area contributed by atoms with Gasteiger partial charge in [-0.2, -0.15) is 0 Å². The average Bonchev–Trinajstić information content (AvgIpc) is 2.49. The van der Waals surface area contributed by atoms with Gasteiger partial charge < -0.3 is 10.1 Å². The van der Waals surface area contributed by atoms with E-state index in [-0.39, 0.29) is 5.82 Å². The fraction of sp³-hybridized carbons (Fsp3) is 0.647. The van der Waals surface area contributed by atoms with E-state index in [4.69, 9.17) is 4.74 Å². The summed E-state index contributed by atoms with van der Waals surface area (Å²) in [5.74, 6) is 0.647. The van der Waals surface area contributed by atoms with Gasteiger partial charge in [-0.1, -0.05) is 32.9 Å². The summed E-state index contributed by atoms with van der Waals surface area (Å²) in [6.07, 6.45) is 1.10. The standard InChI is InChI=1S/C17H27FN2O/c1-5-14-11-20(15(9-19-14)12(2)3)10-13-7-6-8-16(21-4)17(13)18/h6-8,12,14-15,19H,5,9-11H2,1-4H3. The number of hydrogen-bond acceptors (Lipinski definition) is 3. The Bertz CT molecular complexity index is 464. The topological polar surface area (TPSA) is 24.5 Å². The molecule has 1 aliphatic heterocycles. The van der Waals surface area contributed by atoms with Gasteiger partial charge in [-0.15, -0.1) is 0 Å². The van der Waals surface area contributed by atoms with Gasteiger partial charge in [0.05, 0.1) is 7.11 Å². The van der Waals surface area contributed by atoms with E-state index < -0.39 is 0 Å². The van der Waals surface area contributed by atoms with Crippen molar-refractivity contribution in [3.8, 4) is 5.75 Å². The Labute approximate surface area is 127 Å². The Hall–Kier alpha value is -1.13. The molecule has 0 radical (unpaired) electrons. The van der Waals surface area contributed by atoms with Gasteiger partial charge in [0.25, 0.3) is 0 Å². The van der Waals surface area contributed by atoms with Crippen molar-refractivity contribution in [3.05, 3.63) is 29.6 Å². The van der Waals surface area contributed by atoms with E-state index in [1.54, 1.807) is 6.07 Å². The molecular formula is C17H27FN2O. The number of nitrogens with one attached hydrogen (secondary N) is 1. The van der Waals surface area contributed by atoms with Gasteiger partial charge in [-0.25, -0.2) is 4.39 Å². The fourth-order valence-electron chi connectivity index (χ4n) is 3.07. The van der Waals surface area contributed by atoms with Crippen LogP contribution in [0.15, 0.2) is 18.2 Å². The molecular weight excluding hydrogens is 267 g/mol. The molecule has 0 aliphatic carbocycles. The van der Waals surface area contributed by atoms with Crippen molar-refractivity contribution in [2.24, 2.45) is 5.92 Å². The molecule has 0 spiro atoms. The lowest BCUT2D eigenvalue weighted by Crippen LogP contribution is -2.57. The molecule has 1 N–H and O–H groups in total. The number of halogens is 1. The summed E-state index contributed by atoms with van der Waals surface area (Å²) < 4.78 is 19.5. The lowest BCUT2D eigenvalue weighted by molar-refractivity contribution is 0.0887. The van der Waals surface area contributed by atoms with Gasteiger partial charge in [0.2, 0.25) is 0 Å². The quantitative estimate of drug-likeness (QED) is 0.903. The Balaban J connectivity index is 2.18. The van der Waals surface area contributed by atoms with Gasteiger partial charge >= 0.3 is 0 Å². The first-order chi connectivity index (χ1) is 10.1. The molecule has 1 aromatic carbocycles. The number of nitrogens with zero attached hydrogens (tertiary/aromatic N) is 1. The maximum absolute atomic E-state index is 14.4. The summed E-state index contributed by atoms with van der Waals surface area (Å²) >= 11 is 0. The van der Waals surface area contributed by atoms with Crippen LogP contribution in [-0.2, 0) is 6.54 Å². The number of piperazine rings is 1. The minimum Gasteiger partial charge on any atom is -0.494 e. The van der Waals surface area contributed by atoms with E-state index in [9.17, 15) is 4.39 Å². The molecule has 0 aromatic heterocycles. The highest BCUT2D eigenvalue weighted by atomic mass is 19.1. The van der Waals surface area contributed by atoms with Crippen LogP contribution >= 0.6 is 0 Å². The van der Waals surface area contributed by atoms with Gasteiger partial charge in [-0.05, 0) is 18.4 Å². The van der Waals surface area contributed by atoms with Crippen molar-refractivity contribution < 1.29 is 9.13 Å². The van der Waals surface area contributed by atoms with Crippen molar-refractivity contribution in [1.82, 2.24) is 10.2 Å². The first-order valence-corrected chi connectivity index (χ1v) is 7.85. The Morgan fingerprint density at radius 3 is 2.81 bits per heavy atom. The second-order valence-corrected chi connectivity index (χ2v) is 6.19. The van der Waals surface area contributed by atoms with Crippen LogP contribution in [0.4, 0.5) is 4.39 Å². The van der Waals surface area contributed by atoms with Crippen LogP contribution in [0.25, 0.3) is 0 Å². The third-order valence-electron chi connectivity index (χ3n) is 4.44. The first kappa shape index (κ1) is 16.2. The Morgan fingerprint density at radius 2 is 2.19 bits per heavy atom. The fourth-order valence-corrected chi connectivity index (χ4v) is 3.07. The van der Waals surface area contributed by atoms with Crippen molar-refractivity contribution in [2.75, 3.05) is 20.2 Å². The Morgan fingerprint density at radius 1 is 1.43 bits per heavy atom. The number of hydrogen-bond donors (Lipinski definition) is 1. The van der Waals surface area contributed by atoms with E-state index in [0.29, 0.717) is 30.3 Å². The summed E-state index contributed by atoms with van der Waals surface area (Å²) in [6, 6.07) is 6.33. The van der Waals surface area contributed by atoms with E-state index in [1.807, 2.05) is 12.1 Å². The molecule has 3 nitrogen and oxygen atoms in total. The number of ether oxygens (including phenoxy) is 1. The molecule has 1 aliphatic rings. The molecule has 118 valence electrons. The van der Waals surface area contributed by atoms with Crippen LogP contribution in [0.1, 0.15) is 32.8 Å². The van der Waals surface area contributed by atoms with Crippen LogP contribution in [0.5, 0.6) is 5.75 Å². The van der Waals surface area contributed by atoms with Crippen molar-refractivity contribution >= 4 is 0 Å². The number of methoxy groups -OCH3 is 1. The van der Waals surface area contributed by atoms with E-state index >= 15 is 0 Å². The zero-order valence-corrected chi connectivity index (χ0v) is 13.5. The minimum absolute atomic E-state index is 0.228. The smallest absolute Gasteiger partial charge is 0.169 e. The average molecular weight is 294 g/mol. The summed E-state index contributed by atoms with van der Waals surface area (Å²) in [4.78, 5) is 2.41. The predicted molar refractivity (Wildman–Crippen MR) is 84.1 cm³/mol. The zero-order valence-electron chi connectivity index (χ0n) is 13.5. The van der Waals surface area contributed by atoms with Crippen LogP contribution < -0.4 is 10.1 Å². The molecule has 2 unspecified atom stereocenters. The Kier molecular flexibility index (Phi) is 5.59. The summed E-state index contributed by atoms with van der Waals surface area (Å²) in [5, 5.41) is 3.59. The highest BCUT2D eigenvalue weighted by molar-refractivity contribution is 5.31. The molecule has 1 heterocycles. The molecule has 21 heavy (non-hydrogen) atoms. The highest BCUT2D eigenvalue weighted by Gasteiger charge is 2.29. The number of rotatable bonds is 5. The van der Waals surface area contributed by atoms with Crippen molar-refractivity contribution in [3.63, 3.8) is 0 Å². The summed E-state index contributed by atoms with van der Waals surface area (Å²) in [5.41, 5.74) is 0.719. The monoisotopic (exact) mass is 294 g/mol. The SMILES string of the molecule is CCC1CN(Cc2cccc(OC)c2F)C(C(C)C)CN1. The van der Waals surface area contributed by atoms with E-state index in [2.05, 4.69) is 31.0 Å². The third-order valence-corrected chi connectivity index (χ3v) is 4.44. The molecule has 2 atom stereocenters. The van der Waals surface area contributed by atoms with Crippen molar-refractivity contribution in [1.29, 1.82) is 0 Å². The first-order valence-electron chi connectivity index (χ1n) is 7.85. The molecule has 1 fully saturated rings. The van der Waals surface area contributed by atoms with Crippen LogP contribution in [0.2, 0.25) is 0 Å². The van der Waals surface area contributed by atoms with E-state index in [0.717, 1.165) is 25.1 Å². The largest absolute Gasteiger partial charge is 0.494 e. The van der Waals surface area contributed by atoms with Crippen LogP contribution in [0.3, 0.4) is 0 Å². The van der Waals surface area contributed by atoms with Gasteiger partial charge in [0.1, 0.15) is 0 Å². The van der Waals surface area contributed by atoms with Gasteiger partial charge in [0.15, 0.2) is 11.6 Å². The van der Waals surface area contributed by atoms with E-state index in [1.165, 1.54) is 7.11 Å². The minimum atomic E-state index is -0.228. The maximum Gasteiger partial charge on any atom is 0.169 e. The molecule has 0 amide bonds. The predicted octanol–water partition coefficient (Wildman–Crippen LogP) is 3.04. The van der Waals surface area contributed by atoms with Crippen molar-refractivity contribution in [2.45, 2.75) is 45.8 Å². The molecule has 4 heteroatoms. The molecule has 0 bridgehead atoms. The molecule has 1 aromatic rings. The maximum atomic E-state index is 14.4. The highest BCUT2D eigenvalue weighted by Crippen LogP contribution is 2.24. The lowest BCUT2D eigenvalue weighted by atomic mass is 9.97. The summed E-state index contributed by atoms with van der Waals surface area (Å²) in [6.45, 7) is 9.24. The second kappa shape index (κ2) is 7.23. The van der Waals surface area contributed by atoms with Gasteiger partial charge in [-0.3, -0.25) is 4.90 Å². The van der Waals surface area contributed by atoms with Gasteiger partial charge in [0, 0.05) is 37.3 Å². The third kappa shape index (κ3) is 3.74. The normalized spacial score (nSPS) is 23.5. The summed E-state index contributed by atoms with van der Waals surface area (Å²) in [7, 11) is 1.51.